The van der Waals surface area contributed by atoms with Crippen molar-refractivity contribution in [2.24, 2.45) is 5.41 Å². The van der Waals surface area contributed by atoms with Gasteiger partial charge in [-0.15, -0.1) is 0 Å². The van der Waals surface area contributed by atoms with Crippen LogP contribution in [0.1, 0.15) is 43.5 Å². The highest BCUT2D eigenvalue weighted by Gasteiger charge is 2.19. The molecule has 21 heavy (non-hydrogen) atoms. The molecule has 0 fully saturated rings. The van der Waals surface area contributed by atoms with E-state index in [2.05, 4.69) is 21.2 Å². The summed E-state index contributed by atoms with van der Waals surface area (Å²) in [4.78, 5) is 22.5. The molecule has 0 aliphatic carbocycles. The first kappa shape index (κ1) is 17.5. The number of phenols is 1. The van der Waals surface area contributed by atoms with Crippen LogP contribution in [-0.2, 0) is 4.79 Å². The molecule has 0 spiro atoms. The second kappa shape index (κ2) is 7.45. The maximum absolute atomic E-state index is 11.9. The predicted molar refractivity (Wildman–Crippen MR) is 83.4 cm³/mol. The zero-order valence-electron chi connectivity index (χ0n) is 12.1. The number of hydrogen-bond donors (Lipinski definition) is 3. The van der Waals surface area contributed by atoms with Gasteiger partial charge in [-0.3, -0.25) is 9.59 Å². The first-order valence-electron chi connectivity index (χ1n) is 6.70. The second-order valence-electron chi connectivity index (χ2n) is 5.73. The molecule has 0 saturated heterocycles. The van der Waals surface area contributed by atoms with Crippen molar-refractivity contribution in [3.05, 3.63) is 28.2 Å². The Kier molecular flexibility index (Phi) is 6.20. The van der Waals surface area contributed by atoms with Crippen molar-refractivity contribution in [2.45, 2.75) is 33.1 Å². The summed E-state index contributed by atoms with van der Waals surface area (Å²) >= 11 is 3.21. The Labute approximate surface area is 132 Å². The van der Waals surface area contributed by atoms with Crippen molar-refractivity contribution in [1.82, 2.24) is 5.32 Å². The van der Waals surface area contributed by atoms with E-state index < -0.39 is 5.97 Å². The molecule has 0 unspecified atom stereocenters. The number of amides is 1. The number of carbonyl (C=O) groups is 2. The lowest BCUT2D eigenvalue weighted by Gasteiger charge is -2.23. The van der Waals surface area contributed by atoms with E-state index in [1.54, 1.807) is 12.1 Å². The molecule has 1 rings (SSSR count). The third kappa shape index (κ3) is 6.16. The molecular formula is C15H20BrNO4. The van der Waals surface area contributed by atoms with Crippen molar-refractivity contribution in [2.75, 3.05) is 6.54 Å². The number of aliphatic carboxylic acids is 1. The number of rotatable bonds is 7. The van der Waals surface area contributed by atoms with Crippen LogP contribution < -0.4 is 5.32 Å². The molecule has 0 aliphatic heterocycles. The highest BCUT2D eigenvalue weighted by molar-refractivity contribution is 9.10. The van der Waals surface area contributed by atoms with Gasteiger partial charge in [0.15, 0.2) is 0 Å². The Morgan fingerprint density at radius 1 is 1.29 bits per heavy atom. The Hall–Kier alpha value is -1.56. The van der Waals surface area contributed by atoms with E-state index in [0.717, 1.165) is 0 Å². The maximum Gasteiger partial charge on any atom is 0.303 e. The van der Waals surface area contributed by atoms with Gasteiger partial charge in [0.2, 0.25) is 0 Å². The van der Waals surface area contributed by atoms with Crippen LogP contribution in [0, 0.1) is 5.41 Å². The standard InChI is InChI=1S/C15H20BrNO4/c1-15(2,6-5-13(19)20)7-8-17-14(21)11-4-3-10(16)9-12(11)18/h3-4,9,18H,5-8H2,1-2H3,(H,17,21)(H,19,20). The van der Waals surface area contributed by atoms with Crippen molar-refractivity contribution in [1.29, 1.82) is 0 Å². The number of carboxylic acids is 1. The van der Waals surface area contributed by atoms with Gasteiger partial charge in [-0.05, 0) is 36.5 Å². The van der Waals surface area contributed by atoms with Crippen LogP contribution in [0.15, 0.2) is 22.7 Å². The van der Waals surface area contributed by atoms with E-state index in [0.29, 0.717) is 23.9 Å². The summed E-state index contributed by atoms with van der Waals surface area (Å²) < 4.78 is 0.700. The number of halogens is 1. The summed E-state index contributed by atoms with van der Waals surface area (Å²) in [6.45, 7) is 4.37. The van der Waals surface area contributed by atoms with E-state index in [1.165, 1.54) is 6.07 Å². The van der Waals surface area contributed by atoms with Gasteiger partial charge >= 0.3 is 5.97 Å². The van der Waals surface area contributed by atoms with Gasteiger partial charge in [0.05, 0.1) is 5.56 Å². The van der Waals surface area contributed by atoms with Gasteiger partial charge in [-0.1, -0.05) is 29.8 Å². The van der Waals surface area contributed by atoms with Crippen LogP contribution in [0.25, 0.3) is 0 Å². The van der Waals surface area contributed by atoms with Crippen LogP contribution in [0.2, 0.25) is 0 Å². The largest absolute Gasteiger partial charge is 0.507 e. The van der Waals surface area contributed by atoms with Gasteiger partial charge in [-0.25, -0.2) is 0 Å². The molecule has 0 saturated carbocycles. The lowest BCUT2D eigenvalue weighted by molar-refractivity contribution is -0.137. The van der Waals surface area contributed by atoms with Gasteiger partial charge in [0, 0.05) is 17.4 Å². The average molecular weight is 358 g/mol. The van der Waals surface area contributed by atoms with Gasteiger partial charge in [0.25, 0.3) is 5.91 Å². The first-order chi connectivity index (χ1) is 9.71. The number of nitrogens with one attached hydrogen (secondary N) is 1. The van der Waals surface area contributed by atoms with E-state index in [-0.39, 0.29) is 29.1 Å². The molecule has 1 aromatic carbocycles. The van der Waals surface area contributed by atoms with Crippen molar-refractivity contribution in [3.63, 3.8) is 0 Å². The molecule has 0 aliphatic rings. The molecule has 6 heteroatoms. The second-order valence-corrected chi connectivity index (χ2v) is 6.64. The SMILES string of the molecule is CC(C)(CCNC(=O)c1ccc(Br)cc1O)CCC(=O)O. The summed E-state index contributed by atoms with van der Waals surface area (Å²) in [6, 6.07) is 4.70. The van der Waals surface area contributed by atoms with Gasteiger partial charge in [-0.2, -0.15) is 0 Å². The highest BCUT2D eigenvalue weighted by atomic mass is 79.9. The molecule has 116 valence electrons. The highest BCUT2D eigenvalue weighted by Crippen LogP contribution is 2.26. The molecule has 0 aromatic heterocycles. The Balaban J connectivity index is 2.48. The number of carbonyl (C=O) groups excluding carboxylic acids is 1. The monoisotopic (exact) mass is 357 g/mol. The first-order valence-corrected chi connectivity index (χ1v) is 7.49. The van der Waals surface area contributed by atoms with Crippen molar-refractivity contribution >= 4 is 27.8 Å². The fraction of sp³-hybridized carbons (Fsp3) is 0.467. The van der Waals surface area contributed by atoms with Crippen LogP contribution >= 0.6 is 15.9 Å². The normalized spacial score (nSPS) is 11.2. The fourth-order valence-corrected chi connectivity index (χ4v) is 2.23. The molecule has 1 amide bonds. The van der Waals surface area contributed by atoms with E-state index in [1.807, 2.05) is 13.8 Å². The minimum Gasteiger partial charge on any atom is -0.507 e. The molecule has 1 aromatic rings. The summed E-state index contributed by atoms with van der Waals surface area (Å²) in [5.41, 5.74) is 0.0644. The van der Waals surface area contributed by atoms with Crippen LogP contribution in [-0.4, -0.2) is 28.6 Å². The minimum absolute atomic E-state index is 0.0768. The van der Waals surface area contributed by atoms with Crippen LogP contribution in [0.5, 0.6) is 5.75 Å². The quantitative estimate of drug-likeness (QED) is 0.699. The molecule has 0 bridgehead atoms. The zero-order valence-corrected chi connectivity index (χ0v) is 13.7. The van der Waals surface area contributed by atoms with Gasteiger partial charge in [0.1, 0.15) is 5.75 Å². The van der Waals surface area contributed by atoms with Crippen LogP contribution in [0.3, 0.4) is 0 Å². The molecule has 0 radical (unpaired) electrons. The summed E-state index contributed by atoms with van der Waals surface area (Å²) in [6.07, 6.45) is 1.35. The summed E-state index contributed by atoms with van der Waals surface area (Å²) in [5, 5.41) is 21.1. The number of aromatic hydroxyl groups is 1. The zero-order chi connectivity index (χ0) is 16.0. The lowest BCUT2D eigenvalue weighted by Crippen LogP contribution is -2.28. The summed E-state index contributed by atoms with van der Waals surface area (Å²) in [7, 11) is 0. The van der Waals surface area contributed by atoms with E-state index >= 15 is 0 Å². The van der Waals surface area contributed by atoms with Crippen molar-refractivity contribution in [3.8, 4) is 5.75 Å². The van der Waals surface area contributed by atoms with E-state index in [4.69, 9.17) is 5.11 Å². The smallest absolute Gasteiger partial charge is 0.303 e. The predicted octanol–water partition coefficient (Wildman–Crippen LogP) is 3.17. The maximum atomic E-state index is 11.9. The Bertz CT molecular complexity index is 528. The third-order valence-corrected chi connectivity index (χ3v) is 3.80. The number of phenolic OH excluding ortho intramolecular Hbond substituents is 1. The average Bonchev–Trinajstić information content (AvgIpc) is 2.36. The van der Waals surface area contributed by atoms with Crippen molar-refractivity contribution < 1.29 is 19.8 Å². The molecule has 3 N–H and O–H groups in total. The third-order valence-electron chi connectivity index (χ3n) is 3.31. The minimum atomic E-state index is -0.813. The van der Waals surface area contributed by atoms with Crippen LogP contribution in [0.4, 0.5) is 0 Å². The van der Waals surface area contributed by atoms with Gasteiger partial charge < -0.3 is 15.5 Å². The topological polar surface area (TPSA) is 86.6 Å². The number of benzene rings is 1. The Morgan fingerprint density at radius 3 is 2.52 bits per heavy atom. The lowest BCUT2D eigenvalue weighted by atomic mass is 9.84. The molecule has 0 heterocycles. The molecular weight excluding hydrogens is 338 g/mol. The Morgan fingerprint density at radius 2 is 1.95 bits per heavy atom. The fourth-order valence-electron chi connectivity index (χ4n) is 1.88. The summed E-state index contributed by atoms with van der Waals surface area (Å²) in [5.74, 6) is -1.23. The van der Waals surface area contributed by atoms with E-state index in [9.17, 15) is 14.7 Å². The number of carboxylic acid groups (broad SMARTS) is 1. The molecule has 5 nitrogen and oxygen atoms in total. The number of hydrogen-bond acceptors (Lipinski definition) is 3. The molecule has 0 atom stereocenters.